The number of likely N-dealkylation sites (tertiary alicyclic amines) is 2. The highest BCUT2D eigenvalue weighted by Crippen LogP contribution is 2.35. The highest BCUT2D eigenvalue weighted by atomic mass is 15.3. The van der Waals surface area contributed by atoms with Crippen molar-refractivity contribution in [3.63, 3.8) is 0 Å². The normalized spacial score (nSPS) is 32.1. The minimum atomic E-state index is 0.323. The Kier molecular flexibility index (Phi) is 3.88. The molecule has 1 unspecified atom stereocenters. The van der Waals surface area contributed by atoms with Crippen LogP contribution >= 0.6 is 0 Å². The molecule has 0 aromatic rings. The monoisotopic (exact) mass is 225 g/mol. The van der Waals surface area contributed by atoms with Gasteiger partial charge in [-0.15, -0.1) is 0 Å². The summed E-state index contributed by atoms with van der Waals surface area (Å²) >= 11 is 0. The number of hydrogen-bond acceptors (Lipinski definition) is 3. The van der Waals surface area contributed by atoms with Crippen molar-refractivity contribution in [3.8, 4) is 0 Å². The standard InChI is InChI=1S/C13H27N3/c1-3-12-5-4-8-16(12)13(11-14)6-9-15(2)10-7-13/h12H,3-11,14H2,1-2H3. The maximum atomic E-state index is 6.12. The third kappa shape index (κ3) is 2.13. The van der Waals surface area contributed by atoms with Crippen LogP contribution in [0.25, 0.3) is 0 Å². The summed E-state index contributed by atoms with van der Waals surface area (Å²) in [7, 11) is 2.22. The van der Waals surface area contributed by atoms with Crippen LogP contribution in [0.2, 0.25) is 0 Å². The SMILES string of the molecule is CCC1CCCN1C1(CN)CCN(C)CC1. The Hall–Kier alpha value is -0.120. The van der Waals surface area contributed by atoms with Crippen LogP contribution in [0.1, 0.15) is 39.0 Å². The average molecular weight is 225 g/mol. The summed E-state index contributed by atoms with van der Waals surface area (Å²) in [5.41, 5.74) is 6.44. The van der Waals surface area contributed by atoms with Gasteiger partial charge >= 0.3 is 0 Å². The third-order valence-electron chi connectivity index (χ3n) is 4.76. The molecule has 2 aliphatic heterocycles. The average Bonchev–Trinajstić information content (AvgIpc) is 2.79. The van der Waals surface area contributed by atoms with Crippen molar-refractivity contribution in [2.24, 2.45) is 5.73 Å². The van der Waals surface area contributed by atoms with Gasteiger partial charge in [0.2, 0.25) is 0 Å². The molecule has 1 atom stereocenters. The minimum Gasteiger partial charge on any atom is -0.329 e. The maximum Gasteiger partial charge on any atom is 0.0358 e. The Labute approximate surface area is 100.0 Å². The number of hydrogen-bond donors (Lipinski definition) is 1. The molecule has 0 aromatic heterocycles. The number of nitrogens with zero attached hydrogens (tertiary/aromatic N) is 2. The van der Waals surface area contributed by atoms with Crippen molar-refractivity contribution in [2.75, 3.05) is 33.2 Å². The van der Waals surface area contributed by atoms with Gasteiger partial charge in [-0.25, -0.2) is 0 Å². The van der Waals surface area contributed by atoms with Gasteiger partial charge in [-0.2, -0.15) is 0 Å². The van der Waals surface area contributed by atoms with Crippen LogP contribution in [0.4, 0.5) is 0 Å². The summed E-state index contributed by atoms with van der Waals surface area (Å²) in [4.78, 5) is 5.19. The fourth-order valence-corrected chi connectivity index (χ4v) is 3.53. The number of piperidine rings is 1. The first-order chi connectivity index (χ1) is 7.72. The zero-order chi connectivity index (χ0) is 11.6. The predicted octanol–water partition coefficient (Wildman–Crippen LogP) is 1.28. The lowest BCUT2D eigenvalue weighted by atomic mass is 9.85. The Morgan fingerprint density at radius 3 is 2.50 bits per heavy atom. The quantitative estimate of drug-likeness (QED) is 0.785. The molecule has 2 N–H and O–H groups in total. The van der Waals surface area contributed by atoms with Crippen LogP contribution in [0.5, 0.6) is 0 Å². The summed E-state index contributed by atoms with van der Waals surface area (Å²) in [5.74, 6) is 0. The molecule has 2 aliphatic rings. The summed E-state index contributed by atoms with van der Waals surface area (Å²) in [5, 5.41) is 0. The molecule has 16 heavy (non-hydrogen) atoms. The second kappa shape index (κ2) is 5.03. The number of rotatable bonds is 3. The molecule has 0 saturated carbocycles. The lowest BCUT2D eigenvalue weighted by Crippen LogP contribution is -2.60. The first-order valence-corrected chi connectivity index (χ1v) is 6.87. The van der Waals surface area contributed by atoms with Crippen molar-refractivity contribution in [3.05, 3.63) is 0 Å². The van der Waals surface area contributed by atoms with Crippen LogP contribution in [0.3, 0.4) is 0 Å². The molecule has 0 spiro atoms. The fourth-order valence-electron chi connectivity index (χ4n) is 3.53. The predicted molar refractivity (Wildman–Crippen MR) is 68.5 cm³/mol. The third-order valence-corrected chi connectivity index (χ3v) is 4.76. The van der Waals surface area contributed by atoms with Crippen LogP contribution in [0, 0.1) is 0 Å². The topological polar surface area (TPSA) is 32.5 Å². The molecule has 2 saturated heterocycles. The van der Waals surface area contributed by atoms with E-state index in [9.17, 15) is 0 Å². The molecular formula is C13H27N3. The van der Waals surface area contributed by atoms with Crippen LogP contribution < -0.4 is 5.73 Å². The molecule has 0 aliphatic carbocycles. The molecule has 0 amide bonds. The maximum absolute atomic E-state index is 6.12. The van der Waals surface area contributed by atoms with Crippen molar-refractivity contribution >= 4 is 0 Å². The van der Waals surface area contributed by atoms with Crippen molar-refractivity contribution in [1.29, 1.82) is 0 Å². The molecule has 0 bridgehead atoms. The zero-order valence-electron chi connectivity index (χ0n) is 10.9. The number of nitrogens with two attached hydrogens (primary N) is 1. The van der Waals surface area contributed by atoms with E-state index >= 15 is 0 Å². The van der Waals surface area contributed by atoms with Crippen molar-refractivity contribution in [1.82, 2.24) is 9.80 Å². The Morgan fingerprint density at radius 2 is 1.94 bits per heavy atom. The van der Waals surface area contributed by atoms with Crippen molar-refractivity contribution < 1.29 is 0 Å². The molecule has 2 fully saturated rings. The van der Waals surface area contributed by atoms with Gasteiger partial charge in [-0.05, 0) is 58.8 Å². The first kappa shape index (κ1) is 12.3. The van der Waals surface area contributed by atoms with Gasteiger partial charge in [0.1, 0.15) is 0 Å². The molecule has 3 heteroatoms. The van der Waals surface area contributed by atoms with E-state index in [-0.39, 0.29) is 0 Å². The van der Waals surface area contributed by atoms with E-state index in [1.807, 2.05) is 0 Å². The van der Waals surface area contributed by atoms with E-state index < -0.39 is 0 Å². The van der Waals surface area contributed by atoms with E-state index in [0.717, 1.165) is 12.6 Å². The molecule has 2 heterocycles. The van der Waals surface area contributed by atoms with E-state index in [2.05, 4.69) is 23.8 Å². The van der Waals surface area contributed by atoms with Gasteiger partial charge in [0.15, 0.2) is 0 Å². The lowest BCUT2D eigenvalue weighted by molar-refractivity contribution is 0.0232. The zero-order valence-corrected chi connectivity index (χ0v) is 10.9. The van der Waals surface area contributed by atoms with Crippen LogP contribution in [0.15, 0.2) is 0 Å². The van der Waals surface area contributed by atoms with Crippen molar-refractivity contribution in [2.45, 2.75) is 50.6 Å². The molecule has 94 valence electrons. The smallest absolute Gasteiger partial charge is 0.0358 e. The molecule has 0 radical (unpaired) electrons. The molecule has 2 rings (SSSR count). The molecule has 0 aromatic carbocycles. The minimum absolute atomic E-state index is 0.323. The first-order valence-electron chi connectivity index (χ1n) is 6.87. The van der Waals surface area contributed by atoms with E-state index in [1.54, 1.807) is 0 Å². The molecule has 3 nitrogen and oxygen atoms in total. The van der Waals surface area contributed by atoms with E-state index in [1.165, 1.54) is 51.7 Å². The molecular weight excluding hydrogens is 198 g/mol. The van der Waals surface area contributed by atoms with Gasteiger partial charge in [0, 0.05) is 18.1 Å². The van der Waals surface area contributed by atoms with E-state index in [0.29, 0.717) is 5.54 Å². The largest absolute Gasteiger partial charge is 0.329 e. The Morgan fingerprint density at radius 1 is 1.25 bits per heavy atom. The Bertz CT molecular complexity index is 221. The van der Waals surface area contributed by atoms with Crippen LogP contribution in [-0.2, 0) is 0 Å². The van der Waals surface area contributed by atoms with Gasteiger partial charge in [-0.3, -0.25) is 4.90 Å². The lowest BCUT2D eigenvalue weighted by Gasteiger charge is -2.48. The van der Waals surface area contributed by atoms with Gasteiger partial charge in [0.25, 0.3) is 0 Å². The summed E-state index contributed by atoms with van der Waals surface area (Å²) in [6.07, 6.45) is 6.56. The summed E-state index contributed by atoms with van der Waals surface area (Å²) < 4.78 is 0. The Balaban J connectivity index is 2.08. The highest BCUT2D eigenvalue weighted by Gasteiger charge is 2.42. The second-order valence-electron chi connectivity index (χ2n) is 5.63. The van der Waals surface area contributed by atoms with Gasteiger partial charge < -0.3 is 10.6 Å². The fraction of sp³-hybridized carbons (Fsp3) is 1.00. The summed E-state index contributed by atoms with van der Waals surface area (Å²) in [6, 6.07) is 0.798. The summed E-state index contributed by atoms with van der Waals surface area (Å²) in [6.45, 7) is 6.87. The highest BCUT2D eigenvalue weighted by molar-refractivity contribution is 5.00. The van der Waals surface area contributed by atoms with Gasteiger partial charge in [0.05, 0.1) is 0 Å². The van der Waals surface area contributed by atoms with Gasteiger partial charge in [-0.1, -0.05) is 6.92 Å². The van der Waals surface area contributed by atoms with Crippen LogP contribution in [-0.4, -0.2) is 54.6 Å². The second-order valence-corrected chi connectivity index (χ2v) is 5.63. The van der Waals surface area contributed by atoms with E-state index in [4.69, 9.17) is 5.73 Å².